The lowest BCUT2D eigenvalue weighted by molar-refractivity contribution is -0.113. The minimum atomic E-state index is -4.56. The largest absolute Gasteiger partial charge is 0.431 e. The molecule has 1 amide bonds. The lowest BCUT2D eigenvalue weighted by atomic mass is 9.91. The summed E-state index contributed by atoms with van der Waals surface area (Å²) in [4.78, 5) is 22.6. The van der Waals surface area contributed by atoms with E-state index in [-0.39, 0.29) is 18.0 Å². The van der Waals surface area contributed by atoms with Crippen LogP contribution < -0.4 is 5.32 Å². The highest BCUT2D eigenvalue weighted by molar-refractivity contribution is 6.06. The number of pyridine rings is 2. The first-order chi connectivity index (χ1) is 16.7. The van der Waals surface area contributed by atoms with Gasteiger partial charge in [0, 0.05) is 61.3 Å². The Kier molecular flexibility index (Phi) is 6.89. The molecular formula is C25H24F3N5O2. The van der Waals surface area contributed by atoms with Crippen LogP contribution in [0.3, 0.4) is 0 Å². The van der Waals surface area contributed by atoms with Crippen LogP contribution in [0, 0.1) is 18.3 Å². The first-order valence-electron chi connectivity index (χ1n) is 11.1. The Morgan fingerprint density at radius 2 is 1.97 bits per heavy atom. The van der Waals surface area contributed by atoms with E-state index < -0.39 is 17.8 Å². The predicted molar refractivity (Wildman–Crippen MR) is 123 cm³/mol. The zero-order valence-electron chi connectivity index (χ0n) is 19.3. The van der Waals surface area contributed by atoms with Gasteiger partial charge in [-0.3, -0.25) is 14.8 Å². The molecule has 1 N–H and O–H groups in total. The normalized spacial score (nSPS) is 16.9. The van der Waals surface area contributed by atoms with Crippen LogP contribution in [-0.4, -0.2) is 53.8 Å². The van der Waals surface area contributed by atoms with Crippen molar-refractivity contribution in [2.45, 2.75) is 31.9 Å². The van der Waals surface area contributed by atoms with Crippen molar-refractivity contribution in [2.75, 3.05) is 32.1 Å². The fraction of sp³-hybridized carbons (Fsp3) is 0.360. The highest BCUT2D eigenvalue weighted by Crippen LogP contribution is 2.33. The maximum absolute atomic E-state index is 13.2. The number of halogens is 3. The fourth-order valence-electron chi connectivity index (χ4n) is 4.21. The SMILES string of the molecule is Cc1ncc(NC(=O)C2=CCN(C)C(C(F)(F)F)=C2)cc1-c1cnc(C2CCOCC2)c(C#N)c1. The number of likely N-dealkylation sites (N-methyl/N-ethyl adjacent to an activating group) is 1. The number of ether oxygens (including phenoxy) is 1. The van der Waals surface area contributed by atoms with Gasteiger partial charge in [0.1, 0.15) is 11.8 Å². The van der Waals surface area contributed by atoms with E-state index in [1.807, 2.05) is 0 Å². The molecule has 0 saturated carbocycles. The van der Waals surface area contributed by atoms with Crippen molar-refractivity contribution in [3.8, 4) is 17.2 Å². The van der Waals surface area contributed by atoms with E-state index in [0.717, 1.165) is 29.5 Å². The van der Waals surface area contributed by atoms with Crippen molar-refractivity contribution in [1.29, 1.82) is 5.26 Å². The summed E-state index contributed by atoms with van der Waals surface area (Å²) in [5, 5.41) is 12.3. The lowest BCUT2D eigenvalue weighted by Crippen LogP contribution is -2.32. The van der Waals surface area contributed by atoms with Crippen LogP contribution in [0.1, 0.15) is 35.7 Å². The molecule has 2 aliphatic heterocycles. The average molecular weight is 483 g/mol. The topological polar surface area (TPSA) is 91.1 Å². The van der Waals surface area contributed by atoms with Crippen molar-refractivity contribution in [3.05, 3.63) is 64.9 Å². The zero-order chi connectivity index (χ0) is 25.2. The number of allylic oxidation sites excluding steroid dienone is 1. The van der Waals surface area contributed by atoms with Crippen LogP contribution in [0.15, 0.2) is 47.9 Å². The summed E-state index contributed by atoms with van der Waals surface area (Å²) >= 11 is 0. The molecule has 0 aromatic carbocycles. The smallest absolute Gasteiger partial charge is 0.381 e. The summed E-state index contributed by atoms with van der Waals surface area (Å²) in [7, 11) is 1.32. The van der Waals surface area contributed by atoms with Gasteiger partial charge in [-0.15, -0.1) is 0 Å². The second-order valence-corrected chi connectivity index (χ2v) is 8.53. The minimum Gasteiger partial charge on any atom is -0.381 e. The molecule has 0 spiro atoms. The molecule has 2 aliphatic rings. The number of alkyl halides is 3. The first kappa shape index (κ1) is 24.4. The molecule has 2 aromatic heterocycles. The van der Waals surface area contributed by atoms with E-state index in [1.165, 1.54) is 19.3 Å². The monoisotopic (exact) mass is 483 g/mol. The first-order valence-corrected chi connectivity index (χ1v) is 11.1. The molecule has 35 heavy (non-hydrogen) atoms. The summed E-state index contributed by atoms with van der Waals surface area (Å²) in [5.74, 6) is -0.503. The highest BCUT2D eigenvalue weighted by Gasteiger charge is 2.38. The molecule has 10 heteroatoms. The quantitative estimate of drug-likeness (QED) is 0.690. The van der Waals surface area contributed by atoms with Crippen LogP contribution in [0.25, 0.3) is 11.1 Å². The number of carbonyl (C=O) groups is 1. The number of aromatic nitrogens is 2. The van der Waals surface area contributed by atoms with Gasteiger partial charge in [-0.05, 0) is 38.0 Å². The Hall–Kier alpha value is -3.71. The number of aryl methyl sites for hydroxylation is 1. The van der Waals surface area contributed by atoms with E-state index in [2.05, 4.69) is 21.4 Å². The third-order valence-electron chi connectivity index (χ3n) is 6.14. The molecule has 0 bridgehead atoms. The molecule has 1 saturated heterocycles. The molecule has 1 fully saturated rings. The van der Waals surface area contributed by atoms with Crippen molar-refractivity contribution < 1.29 is 22.7 Å². The summed E-state index contributed by atoms with van der Waals surface area (Å²) in [6.07, 6.45) is 2.44. The number of nitriles is 1. The molecular weight excluding hydrogens is 459 g/mol. The summed E-state index contributed by atoms with van der Waals surface area (Å²) in [5.41, 5.74) is 2.57. The second kappa shape index (κ2) is 9.88. The zero-order valence-corrected chi connectivity index (χ0v) is 19.3. The maximum atomic E-state index is 13.2. The number of carbonyl (C=O) groups excluding carboxylic acids is 1. The van der Waals surface area contributed by atoms with Gasteiger partial charge >= 0.3 is 6.18 Å². The Morgan fingerprint density at radius 3 is 2.66 bits per heavy atom. The number of nitrogens with zero attached hydrogens (tertiary/aromatic N) is 4. The van der Waals surface area contributed by atoms with Crippen molar-refractivity contribution in [1.82, 2.24) is 14.9 Å². The Morgan fingerprint density at radius 1 is 1.23 bits per heavy atom. The molecule has 0 aliphatic carbocycles. The van der Waals surface area contributed by atoms with Crippen LogP contribution in [0.4, 0.5) is 18.9 Å². The third kappa shape index (κ3) is 5.35. The lowest BCUT2D eigenvalue weighted by Gasteiger charge is -2.26. The average Bonchev–Trinajstić information content (AvgIpc) is 2.85. The van der Waals surface area contributed by atoms with E-state index in [9.17, 15) is 23.2 Å². The van der Waals surface area contributed by atoms with Gasteiger partial charge in [0.15, 0.2) is 0 Å². The van der Waals surface area contributed by atoms with Crippen molar-refractivity contribution in [3.63, 3.8) is 0 Å². The van der Waals surface area contributed by atoms with Gasteiger partial charge in [-0.2, -0.15) is 18.4 Å². The molecule has 4 heterocycles. The van der Waals surface area contributed by atoms with Gasteiger partial charge in [0.25, 0.3) is 5.91 Å². The van der Waals surface area contributed by atoms with E-state index in [4.69, 9.17) is 4.74 Å². The van der Waals surface area contributed by atoms with Gasteiger partial charge in [0.05, 0.1) is 23.1 Å². The van der Waals surface area contributed by atoms with Gasteiger partial charge in [-0.1, -0.05) is 6.08 Å². The van der Waals surface area contributed by atoms with E-state index in [1.54, 1.807) is 25.3 Å². The Balaban J connectivity index is 1.58. The summed E-state index contributed by atoms with van der Waals surface area (Å²) < 4.78 is 45.1. The molecule has 2 aromatic rings. The molecule has 0 unspecified atom stereocenters. The van der Waals surface area contributed by atoms with E-state index >= 15 is 0 Å². The van der Waals surface area contributed by atoms with Crippen molar-refractivity contribution in [2.24, 2.45) is 0 Å². The molecule has 4 rings (SSSR count). The maximum Gasteiger partial charge on any atom is 0.431 e. The van der Waals surface area contributed by atoms with Gasteiger partial charge < -0.3 is 15.0 Å². The minimum absolute atomic E-state index is 0.0342. The molecule has 182 valence electrons. The third-order valence-corrected chi connectivity index (χ3v) is 6.14. The predicted octanol–water partition coefficient (Wildman–Crippen LogP) is 4.47. The molecule has 0 radical (unpaired) electrons. The van der Waals surface area contributed by atoms with E-state index in [0.29, 0.717) is 41.3 Å². The van der Waals surface area contributed by atoms with Crippen LogP contribution >= 0.6 is 0 Å². The van der Waals surface area contributed by atoms with Crippen LogP contribution in [-0.2, 0) is 9.53 Å². The number of hydrogen-bond donors (Lipinski definition) is 1. The number of rotatable bonds is 4. The second-order valence-electron chi connectivity index (χ2n) is 8.53. The van der Waals surface area contributed by atoms with Crippen LogP contribution in [0.5, 0.6) is 0 Å². The van der Waals surface area contributed by atoms with Crippen LogP contribution in [0.2, 0.25) is 0 Å². The summed E-state index contributed by atoms with van der Waals surface area (Å²) in [6, 6.07) is 5.66. The number of hydrogen-bond acceptors (Lipinski definition) is 6. The van der Waals surface area contributed by atoms with Gasteiger partial charge in [0.2, 0.25) is 0 Å². The number of amides is 1. The Labute approximate surface area is 200 Å². The van der Waals surface area contributed by atoms with Gasteiger partial charge in [-0.25, -0.2) is 0 Å². The standard InChI is InChI=1S/C25H24F3N5O2/c1-15-21(19-9-18(12-29)23(31-13-19)16-4-7-35-8-5-16)11-20(14-30-15)32-24(34)17-3-6-33(2)22(10-17)25(26,27)28/h3,9-11,13-14,16H,4-8H2,1-2H3,(H,32,34). The highest BCUT2D eigenvalue weighted by atomic mass is 19.4. The number of nitrogens with one attached hydrogen (secondary N) is 1. The molecule has 7 nitrogen and oxygen atoms in total. The molecule has 0 atom stereocenters. The summed E-state index contributed by atoms with van der Waals surface area (Å²) in [6.45, 7) is 3.02. The van der Waals surface area contributed by atoms with Crippen molar-refractivity contribution >= 4 is 11.6 Å². The fourth-order valence-corrected chi connectivity index (χ4v) is 4.21. The number of anilines is 1. The Bertz CT molecular complexity index is 1240.